The Kier molecular flexibility index (Phi) is 5.69. The lowest BCUT2D eigenvalue weighted by atomic mass is 10.2. The van der Waals surface area contributed by atoms with E-state index in [2.05, 4.69) is 4.98 Å². The summed E-state index contributed by atoms with van der Waals surface area (Å²) in [4.78, 5) is 17.5. The lowest BCUT2D eigenvalue weighted by Crippen LogP contribution is -2.38. The average molecular weight is 366 g/mol. The smallest absolute Gasteiger partial charge is 0.410 e. The third-order valence-electron chi connectivity index (χ3n) is 4.04. The molecule has 0 fully saturated rings. The molecule has 27 heavy (non-hydrogen) atoms. The zero-order chi connectivity index (χ0) is 19.3. The first-order chi connectivity index (χ1) is 12.9. The maximum absolute atomic E-state index is 12.6. The third-order valence-corrected chi connectivity index (χ3v) is 4.04. The molecule has 5 heteroatoms. The first-order valence-electron chi connectivity index (χ1n) is 9.13. The van der Waals surface area contributed by atoms with Crippen LogP contribution in [0.25, 0.3) is 10.9 Å². The number of benzene rings is 2. The molecule has 0 spiro atoms. The lowest BCUT2D eigenvalue weighted by molar-refractivity contribution is 0.0209. The molecule has 0 atom stereocenters. The van der Waals surface area contributed by atoms with Gasteiger partial charge in [-0.2, -0.15) is 0 Å². The van der Waals surface area contributed by atoms with Gasteiger partial charge in [-0.1, -0.05) is 36.4 Å². The number of carbonyl (C=O) groups excluding carboxylic acids is 1. The molecule has 3 aromatic rings. The zero-order valence-corrected chi connectivity index (χ0v) is 16.1. The van der Waals surface area contributed by atoms with Crippen molar-refractivity contribution in [2.45, 2.75) is 32.9 Å². The SMILES string of the molecule is CC(C)(C)OC(=O)N(CCOc1cccc2[nH]ccc12)Cc1ccccc1. The Morgan fingerprint density at radius 2 is 1.81 bits per heavy atom. The van der Waals surface area contributed by atoms with Crippen molar-refractivity contribution in [3.63, 3.8) is 0 Å². The Bertz CT molecular complexity index is 881. The highest BCUT2D eigenvalue weighted by molar-refractivity contribution is 5.85. The van der Waals surface area contributed by atoms with Gasteiger partial charge in [-0.25, -0.2) is 4.79 Å². The maximum atomic E-state index is 12.6. The fraction of sp³-hybridized carbons (Fsp3) is 0.318. The summed E-state index contributed by atoms with van der Waals surface area (Å²) in [5, 5.41) is 1.03. The number of ether oxygens (including phenoxy) is 2. The number of hydrogen-bond donors (Lipinski definition) is 1. The molecular formula is C22H26N2O3. The van der Waals surface area contributed by atoms with E-state index in [0.717, 1.165) is 22.2 Å². The quantitative estimate of drug-likeness (QED) is 0.669. The number of amides is 1. The molecule has 1 heterocycles. The van der Waals surface area contributed by atoms with Crippen LogP contribution in [0.15, 0.2) is 60.8 Å². The van der Waals surface area contributed by atoms with Crippen LogP contribution in [-0.2, 0) is 11.3 Å². The van der Waals surface area contributed by atoms with Gasteiger partial charge in [0.05, 0.1) is 6.54 Å². The molecule has 2 aromatic carbocycles. The molecule has 0 unspecified atom stereocenters. The van der Waals surface area contributed by atoms with E-state index >= 15 is 0 Å². The molecule has 0 aliphatic heterocycles. The van der Waals surface area contributed by atoms with Crippen molar-refractivity contribution in [3.05, 3.63) is 66.4 Å². The largest absolute Gasteiger partial charge is 0.491 e. The molecule has 0 radical (unpaired) electrons. The summed E-state index contributed by atoms with van der Waals surface area (Å²) in [7, 11) is 0. The lowest BCUT2D eigenvalue weighted by Gasteiger charge is -2.27. The summed E-state index contributed by atoms with van der Waals surface area (Å²) in [6.07, 6.45) is 1.55. The zero-order valence-electron chi connectivity index (χ0n) is 16.1. The second-order valence-corrected chi connectivity index (χ2v) is 7.43. The van der Waals surface area contributed by atoms with Crippen LogP contribution >= 0.6 is 0 Å². The standard InChI is InChI=1S/C22H26N2O3/c1-22(2,3)27-21(25)24(16-17-8-5-4-6-9-17)14-15-26-20-11-7-10-19-18(20)12-13-23-19/h4-13,23H,14-16H2,1-3H3. The van der Waals surface area contributed by atoms with Crippen LogP contribution in [0.3, 0.4) is 0 Å². The summed E-state index contributed by atoms with van der Waals surface area (Å²) in [6, 6.07) is 17.8. The van der Waals surface area contributed by atoms with E-state index in [0.29, 0.717) is 19.7 Å². The van der Waals surface area contributed by atoms with Crippen LogP contribution in [-0.4, -0.2) is 34.7 Å². The van der Waals surface area contributed by atoms with Crippen molar-refractivity contribution in [3.8, 4) is 5.75 Å². The molecular weight excluding hydrogens is 340 g/mol. The van der Waals surface area contributed by atoms with Gasteiger partial charge >= 0.3 is 6.09 Å². The minimum Gasteiger partial charge on any atom is -0.491 e. The Hall–Kier alpha value is -2.95. The molecule has 0 aliphatic rings. The van der Waals surface area contributed by atoms with Gasteiger partial charge in [-0.05, 0) is 44.5 Å². The summed E-state index contributed by atoms with van der Waals surface area (Å²) in [5.41, 5.74) is 1.54. The van der Waals surface area contributed by atoms with Crippen molar-refractivity contribution < 1.29 is 14.3 Å². The molecule has 142 valence electrons. The monoisotopic (exact) mass is 366 g/mol. The van der Waals surface area contributed by atoms with E-state index < -0.39 is 5.60 Å². The molecule has 5 nitrogen and oxygen atoms in total. The molecule has 1 amide bonds. The number of nitrogens with one attached hydrogen (secondary N) is 1. The summed E-state index contributed by atoms with van der Waals surface area (Å²) < 4.78 is 11.5. The summed E-state index contributed by atoms with van der Waals surface area (Å²) in [6.45, 7) is 6.91. The van der Waals surface area contributed by atoms with Gasteiger partial charge in [-0.3, -0.25) is 0 Å². The number of H-pyrrole nitrogens is 1. The van der Waals surface area contributed by atoms with Gasteiger partial charge in [0, 0.05) is 23.6 Å². The van der Waals surface area contributed by atoms with Gasteiger partial charge in [0.25, 0.3) is 0 Å². The Balaban J connectivity index is 1.67. The van der Waals surface area contributed by atoms with Crippen LogP contribution in [0.5, 0.6) is 5.75 Å². The number of nitrogens with zero attached hydrogens (tertiary/aromatic N) is 1. The molecule has 1 N–H and O–H groups in total. The van der Waals surface area contributed by atoms with Gasteiger partial charge in [-0.15, -0.1) is 0 Å². The average Bonchev–Trinajstić information content (AvgIpc) is 3.10. The molecule has 0 saturated heterocycles. The highest BCUT2D eigenvalue weighted by atomic mass is 16.6. The minimum absolute atomic E-state index is 0.338. The van der Waals surface area contributed by atoms with Crippen molar-refractivity contribution in [1.29, 1.82) is 0 Å². The van der Waals surface area contributed by atoms with E-state index in [1.807, 2.05) is 81.6 Å². The molecule has 0 bridgehead atoms. The Labute approximate surface area is 159 Å². The van der Waals surface area contributed by atoms with E-state index in [1.165, 1.54) is 0 Å². The van der Waals surface area contributed by atoms with Crippen LogP contribution in [0.1, 0.15) is 26.3 Å². The molecule has 0 aliphatic carbocycles. The van der Waals surface area contributed by atoms with E-state index in [9.17, 15) is 4.79 Å². The van der Waals surface area contributed by atoms with Crippen LogP contribution in [0, 0.1) is 0 Å². The normalized spacial score (nSPS) is 11.4. The minimum atomic E-state index is -0.538. The predicted octanol–water partition coefficient (Wildman–Crippen LogP) is 4.98. The summed E-state index contributed by atoms with van der Waals surface area (Å²) >= 11 is 0. The Morgan fingerprint density at radius 1 is 1.04 bits per heavy atom. The highest BCUT2D eigenvalue weighted by Gasteiger charge is 2.22. The van der Waals surface area contributed by atoms with Gasteiger partial charge in [0.2, 0.25) is 0 Å². The van der Waals surface area contributed by atoms with Gasteiger partial charge in [0.1, 0.15) is 18.0 Å². The van der Waals surface area contributed by atoms with Crippen LogP contribution in [0.4, 0.5) is 4.79 Å². The number of aromatic nitrogens is 1. The second-order valence-electron chi connectivity index (χ2n) is 7.43. The Morgan fingerprint density at radius 3 is 2.56 bits per heavy atom. The third kappa shape index (κ3) is 5.26. The van der Waals surface area contributed by atoms with Crippen molar-refractivity contribution in [2.24, 2.45) is 0 Å². The fourth-order valence-electron chi connectivity index (χ4n) is 2.81. The molecule has 3 rings (SSSR count). The highest BCUT2D eigenvalue weighted by Crippen LogP contribution is 2.24. The molecule has 1 aromatic heterocycles. The number of carbonyl (C=O) groups is 1. The van der Waals surface area contributed by atoms with Crippen molar-refractivity contribution in [1.82, 2.24) is 9.88 Å². The first kappa shape index (κ1) is 18.8. The van der Waals surface area contributed by atoms with E-state index in [-0.39, 0.29) is 6.09 Å². The number of rotatable bonds is 6. The number of fused-ring (bicyclic) bond motifs is 1. The molecule has 0 saturated carbocycles. The van der Waals surface area contributed by atoms with Crippen LogP contribution in [0.2, 0.25) is 0 Å². The fourth-order valence-corrected chi connectivity index (χ4v) is 2.81. The number of aromatic amines is 1. The van der Waals surface area contributed by atoms with Crippen LogP contribution < -0.4 is 4.74 Å². The number of hydrogen-bond acceptors (Lipinski definition) is 3. The van der Waals surface area contributed by atoms with E-state index in [4.69, 9.17) is 9.47 Å². The van der Waals surface area contributed by atoms with Crippen molar-refractivity contribution >= 4 is 17.0 Å². The predicted molar refractivity (Wildman–Crippen MR) is 107 cm³/mol. The van der Waals surface area contributed by atoms with Crippen molar-refractivity contribution in [2.75, 3.05) is 13.2 Å². The topological polar surface area (TPSA) is 54.6 Å². The maximum Gasteiger partial charge on any atom is 0.410 e. The van der Waals surface area contributed by atoms with Gasteiger partial charge in [0.15, 0.2) is 0 Å². The van der Waals surface area contributed by atoms with Gasteiger partial charge < -0.3 is 19.4 Å². The summed E-state index contributed by atoms with van der Waals surface area (Å²) in [5.74, 6) is 0.803. The second kappa shape index (κ2) is 8.16. The van der Waals surface area contributed by atoms with E-state index in [1.54, 1.807) is 4.90 Å². The first-order valence-corrected chi connectivity index (χ1v) is 9.13.